The summed E-state index contributed by atoms with van der Waals surface area (Å²) in [6.45, 7) is 6.34. The summed E-state index contributed by atoms with van der Waals surface area (Å²) in [6.07, 6.45) is 1.98. The van der Waals surface area contributed by atoms with E-state index in [2.05, 4.69) is 51.9 Å². The maximum atomic E-state index is 5.89. The summed E-state index contributed by atoms with van der Waals surface area (Å²) in [5, 5.41) is 11.3. The average Bonchev–Trinajstić information content (AvgIpc) is 3.21. The molecular formula is C24H31N5O2. The van der Waals surface area contributed by atoms with Gasteiger partial charge in [-0.05, 0) is 43.2 Å². The Balaban J connectivity index is 1.63. The van der Waals surface area contributed by atoms with Gasteiger partial charge in [-0.2, -0.15) is 5.10 Å². The molecule has 0 unspecified atom stereocenters. The lowest BCUT2D eigenvalue weighted by Crippen LogP contribution is -2.36. The van der Waals surface area contributed by atoms with Gasteiger partial charge in [-0.25, -0.2) is 4.68 Å². The molecular weight excluding hydrogens is 390 g/mol. The molecule has 31 heavy (non-hydrogen) atoms. The highest BCUT2D eigenvalue weighted by Gasteiger charge is 2.08. The number of hydrogen-bond acceptors (Lipinski definition) is 4. The lowest BCUT2D eigenvalue weighted by Gasteiger charge is -2.16. The van der Waals surface area contributed by atoms with Gasteiger partial charge in [0.15, 0.2) is 5.96 Å². The molecule has 0 aliphatic rings. The van der Waals surface area contributed by atoms with Crippen LogP contribution in [0.15, 0.2) is 59.7 Å². The van der Waals surface area contributed by atoms with Gasteiger partial charge < -0.3 is 20.1 Å². The molecule has 7 heteroatoms. The lowest BCUT2D eigenvalue weighted by atomic mass is 10.1. The van der Waals surface area contributed by atoms with Gasteiger partial charge in [0, 0.05) is 39.0 Å². The summed E-state index contributed by atoms with van der Waals surface area (Å²) in [5.41, 5.74) is 5.39. The highest BCUT2D eigenvalue weighted by molar-refractivity contribution is 5.79. The first-order chi connectivity index (χ1) is 15.1. The highest BCUT2D eigenvalue weighted by atomic mass is 16.5. The van der Waals surface area contributed by atoms with Gasteiger partial charge in [0.25, 0.3) is 0 Å². The van der Waals surface area contributed by atoms with Crippen LogP contribution in [0.1, 0.15) is 22.4 Å². The number of nitrogens with one attached hydrogen (secondary N) is 2. The van der Waals surface area contributed by atoms with E-state index in [0.29, 0.717) is 26.3 Å². The molecule has 7 nitrogen and oxygen atoms in total. The van der Waals surface area contributed by atoms with E-state index in [9.17, 15) is 0 Å². The summed E-state index contributed by atoms with van der Waals surface area (Å²) in [6, 6.07) is 16.4. The molecule has 0 saturated heterocycles. The number of benzene rings is 2. The Morgan fingerprint density at radius 1 is 1.00 bits per heavy atom. The Hall–Kier alpha value is -3.32. The minimum absolute atomic E-state index is 0.517. The number of aliphatic imine (C=N–C) groups is 1. The fourth-order valence-corrected chi connectivity index (χ4v) is 3.19. The quantitative estimate of drug-likeness (QED) is 0.315. The molecule has 0 atom stereocenters. The van der Waals surface area contributed by atoms with E-state index in [1.807, 2.05) is 42.1 Å². The number of hydrogen-bond donors (Lipinski definition) is 2. The van der Waals surface area contributed by atoms with Gasteiger partial charge in [0.05, 0.1) is 18.0 Å². The van der Waals surface area contributed by atoms with Crippen molar-refractivity contribution in [3.63, 3.8) is 0 Å². The number of methoxy groups -OCH3 is 1. The highest BCUT2D eigenvalue weighted by Crippen LogP contribution is 2.20. The van der Waals surface area contributed by atoms with Crippen LogP contribution in [-0.2, 0) is 17.8 Å². The third-order valence-electron chi connectivity index (χ3n) is 4.84. The van der Waals surface area contributed by atoms with Crippen molar-refractivity contribution in [2.75, 3.05) is 27.4 Å². The SMILES string of the molecule is CN=C(NCc1ccc(C)cc1OCCOC)NCc1ccccc1-n1ccc(C)n1. The molecule has 164 valence electrons. The van der Waals surface area contributed by atoms with Crippen LogP contribution in [-0.4, -0.2) is 43.1 Å². The van der Waals surface area contributed by atoms with E-state index in [1.54, 1.807) is 14.2 Å². The Morgan fingerprint density at radius 2 is 1.77 bits per heavy atom. The Kier molecular flexibility index (Phi) is 8.06. The molecule has 1 heterocycles. The summed E-state index contributed by atoms with van der Waals surface area (Å²) >= 11 is 0. The van der Waals surface area contributed by atoms with E-state index in [1.165, 1.54) is 0 Å². The number of rotatable bonds is 9. The summed E-state index contributed by atoms with van der Waals surface area (Å²) in [7, 11) is 3.44. The van der Waals surface area contributed by atoms with Crippen molar-refractivity contribution < 1.29 is 9.47 Å². The molecule has 2 N–H and O–H groups in total. The van der Waals surface area contributed by atoms with Crippen LogP contribution in [0.25, 0.3) is 5.69 Å². The second kappa shape index (κ2) is 11.2. The maximum absolute atomic E-state index is 5.89. The van der Waals surface area contributed by atoms with E-state index in [0.717, 1.165) is 39.8 Å². The minimum Gasteiger partial charge on any atom is -0.491 e. The van der Waals surface area contributed by atoms with E-state index < -0.39 is 0 Å². The number of aromatic nitrogens is 2. The zero-order valence-electron chi connectivity index (χ0n) is 18.7. The van der Waals surface area contributed by atoms with Crippen LogP contribution in [0, 0.1) is 13.8 Å². The van der Waals surface area contributed by atoms with E-state index in [-0.39, 0.29) is 0 Å². The summed E-state index contributed by atoms with van der Waals surface area (Å²) in [5.74, 6) is 1.58. The Labute approximate surface area is 184 Å². The number of aryl methyl sites for hydroxylation is 2. The first-order valence-corrected chi connectivity index (χ1v) is 10.4. The number of para-hydroxylation sites is 1. The largest absolute Gasteiger partial charge is 0.491 e. The van der Waals surface area contributed by atoms with Crippen LogP contribution in [0.2, 0.25) is 0 Å². The standard InChI is InChI=1S/C24H31N5O2/c1-18-9-10-21(23(15-18)31-14-13-30-4)17-27-24(25-3)26-16-20-7-5-6-8-22(20)29-12-11-19(2)28-29/h5-12,15H,13-14,16-17H2,1-4H3,(H2,25,26,27). The second-order valence-corrected chi connectivity index (χ2v) is 7.26. The molecule has 1 aromatic heterocycles. The predicted molar refractivity (Wildman–Crippen MR) is 124 cm³/mol. The van der Waals surface area contributed by atoms with Crippen molar-refractivity contribution in [3.05, 3.63) is 77.1 Å². The van der Waals surface area contributed by atoms with Gasteiger partial charge in [0.1, 0.15) is 12.4 Å². The molecule has 0 saturated carbocycles. The number of ether oxygens (including phenoxy) is 2. The second-order valence-electron chi connectivity index (χ2n) is 7.26. The van der Waals surface area contributed by atoms with E-state index >= 15 is 0 Å². The molecule has 0 aliphatic carbocycles. The minimum atomic E-state index is 0.517. The van der Waals surface area contributed by atoms with Crippen molar-refractivity contribution >= 4 is 5.96 Å². The molecule has 0 bridgehead atoms. The van der Waals surface area contributed by atoms with Crippen molar-refractivity contribution in [2.45, 2.75) is 26.9 Å². The number of nitrogens with zero attached hydrogens (tertiary/aromatic N) is 3. The van der Waals surface area contributed by atoms with Crippen molar-refractivity contribution in [1.29, 1.82) is 0 Å². The molecule has 0 radical (unpaired) electrons. The average molecular weight is 422 g/mol. The van der Waals surface area contributed by atoms with Gasteiger partial charge in [-0.1, -0.05) is 30.3 Å². The topological polar surface area (TPSA) is 72.7 Å². The third kappa shape index (κ3) is 6.33. The normalized spacial score (nSPS) is 11.4. The zero-order valence-corrected chi connectivity index (χ0v) is 18.7. The summed E-state index contributed by atoms with van der Waals surface area (Å²) < 4.78 is 12.9. The molecule has 2 aromatic carbocycles. The van der Waals surface area contributed by atoms with Crippen molar-refractivity contribution in [3.8, 4) is 11.4 Å². The molecule has 0 spiro atoms. The molecule has 3 aromatic rings. The van der Waals surface area contributed by atoms with Crippen LogP contribution in [0.5, 0.6) is 5.75 Å². The summed E-state index contributed by atoms with van der Waals surface area (Å²) in [4.78, 5) is 4.36. The van der Waals surface area contributed by atoms with Crippen LogP contribution in [0.3, 0.4) is 0 Å². The first kappa shape index (κ1) is 22.4. The lowest BCUT2D eigenvalue weighted by molar-refractivity contribution is 0.145. The van der Waals surface area contributed by atoms with Gasteiger partial charge in [-0.15, -0.1) is 0 Å². The Morgan fingerprint density at radius 3 is 2.48 bits per heavy atom. The molecule has 0 aliphatic heterocycles. The van der Waals surface area contributed by atoms with Gasteiger partial charge in [0.2, 0.25) is 0 Å². The fraction of sp³-hybridized carbons (Fsp3) is 0.333. The Bertz CT molecular complexity index is 1010. The maximum Gasteiger partial charge on any atom is 0.191 e. The monoisotopic (exact) mass is 421 g/mol. The molecule has 3 rings (SSSR count). The fourth-order valence-electron chi connectivity index (χ4n) is 3.19. The van der Waals surface area contributed by atoms with Crippen molar-refractivity contribution in [2.24, 2.45) is 4.99 Å². The van der Waals surface area contributed by atoms with Crippen LogP contribution in [0.4, 0.5) is 0 Å². The van der Waals surface area contributed by atoms with Crippen LogP contribution < -0.4 is 15.4 Å². The molecule has 0 fully saturated rings. The van der Waals surface area contributed by atoms with Crippen LogP contribution >= 0.6 is 0 Å². The third-order valence-corrected chi connectivity index (χ3v) is 4.84. The van der Waals surface area contributed by atoms with Gasteiger partial charge in [-0.3, -0.25) is 4.99 Å². The number of guanidine groups is 1. The van der Waals surface area contributed by atoms with Crippen molar-refractivity contribution in [1.82, 2.24) is 20.4 Å². The first-order valence-electron chi connectivity index (χ1n) is 10.4. The smallest absolute Gasteiger partial charge is 0.191 e. The predicted octanol–water partition coefficient (Wildman–Crippen LogP) is 3.38. The zero-order chi connectivity index (χ0) is 22.1. The molecule has 0 amide bonds. The van der Waals surface area contributed by atoms with Gasteiger partial charge >= 0.3 is 0 Å². The van der Waals surface area contributed by atoms with E-state index in [4.69, 9.17) is 9.47 Å².